The van der Waals surface area contributed by atoms with Gasteiger partial charge in [0.15, 0.2) is 0 Å². The van der Waals surface area contributed by atoms with Crippen LogP contribution in [0.3, 0.4) is 0 Å². The highest BCUT2D eigenvalue weighted by Gasteiger charge is 2.42. The monoisotopic (exact) mass is 526 g/mol. The van der Waals surface area contributed by atoms with Gasteiger partial charge in [-0.05, 0) is 48.9 Å². The molecule has 1 heterocycles. The van der Waals surface area contributed by atoms with Crippen LogP contribution in [0.1, 0.15) is 36.6 Å². The molecule has 0 atom stereocenters. The summed E-state index contributed by atoms with van der Waals surface area (Å²) < 4.78 is 0. The second kappa shape index (κ2) is 8.58. The van der Waals surface area contributed by atoms with Crippen LogP contribution in [0.15, 0.2) is 42.5 Å². The maximum atomic E-state index is 12.9. The van der Waals surface area contributed by atoms with Gasteiger partial charge in [-0.1, -0.05) is 64.1 Å². The van der Waals surface area contributed by atoms with Gasteiger partial charge < -0.3 is 5.32 Å². The van der Waals surface area contributed by atoms with Crippen LogP contribution < -0.4 is 10.2 Å². The van der Waals surface area contributed by atoms with Gasteiger partial charge in [0.2, 0.25) is 0 Å². The summed E-state index contributed by atoms with van der Waals surface area (Å²) in [5, 5.41) is 2.76. The van der Waals surface area contributed by atoms with E-state index < -0.39 is 11.8 Å². The molecule has 3 aromatic rings. The number of anilines is 2. The molecule has 3 aromatic carbocycles. The Kier molecular flexibility index (Phi) is 6.14. The van der Waals surface area contributed by atoms with E-state index in [1.165, 1.54) is 24.3 Å². The molecule has 0 aromatic heterocycles. The van der Waals surface area contributed by atoms with Crippen LogP contribution in [0.2, 0.25) is 25.1 Å². The van der Waals surface area contributed by atoms with Gasteiger partial charge in [-0.2, -0.15) is 0 Å². The van der Waals surface area contributed by atoms with Crippen molar-refractivity contribution in [2.24, 2.45) is 0 Å². The minimum Gasteiger partial charge on any atom is -0.322 e. The van der Waals surface area contributed by atoms with E-state index in [0.29, 0.717) is 16.3 Å². The summed E-state index contributed by atoms with van der Waals surface area (Å²) in [6.07, 6.45) is 0. The normalized spacial score (nSPS) is 12.9. The third-order valence-electron chi connectivity index (χ3n) is 4.94. The number of carbonyl (C=O) groups excluding carboxylic acids is 3. The molecule has 1 N–H and O–H groups in total. The third-order valence-corrected chi connectivity index (χ3v) is 6.97. The minimum absolute atomic E-state index is 0.108. The molecule has 0 radical (unpaired) electrons. The Hall–Kier alpha value is -2.28. The first-order chi connectivity index (χ1) is 15.1. The van der Waals surface area contributed by atoms with Crippen molar-refractivity contribution in [1.29, 1.82) is 0 Å². The number of hydrogen-bond acceptors (Lipinski definition) is 3. The molecular weight excluding hydrogens is 518 g/mol. The van der Waals surface area contributed by atoms with Crippen LogP contribution in [0, 0.1) is 6.92 Å². The molecule has 0 bridgehead atoms. The molecule has 0 fully saturated rings. The van der Waals surface area contributed by atoms with Crippen LogP contribution in [0.25, 0.3) is 0 Å². The number of halogens is 5. The summed E-state index contributed by atoms with van der Waals surface area (Å²) in [5.74, 6) is -1.77. The van der Waals surface area contributed by atoms with E-state index in [0.717, 1.165) is 10.5 Å². The van der Waals surface area contributed by atoms with Gasteiger partial charge in [0, 0.05) is 16.3 Å². The van der Waals surface area contributed by atoms with E-state index >= 15 is 0 Å². The van der Waals surface area contributed by atoms with Crippen molar-refractivity contribution in [2.75, 3.05) is 10.2 Å². The lowest BCUT2D eigenvalue weighted by atomic mass is 10.1. The van der Waals surface area contributed by atoms with Gasteiger partial charge in [-0.25, -0.2) is 4.90 Å². The number of nitrogens with zero attached hydrogens (tertiary/aromatic N) is 1. The Labute approximate surface area is 207 Å². The standard InChI is InChI=1S/C22H11Cl5N2O3/c1-9-2-5-11(23)8-13(9)28-20(30)10-3-6-12(7-4-10)29-21(31)14-15(22(29)32)17(25)19(27)18(26)16(14)24/h2-8H,1H3,(H,28,30). The fourth-order valence-electron chi connectivity index (χ4n) is 3.27. The lowest BCUT2D eigenvalue weighted by Gasteiger charge is -2.15. The zero-order chi connectivity index (χ0) is 23.3. The highest BCUT2D eigenvalue weighted by molar-refractivity contribution is 6.56. The molecule has 0 spiro atoms. The highest BCUT2D eigenvalue weighted by Crippen LogP contribution is 2.45. The Morgan fingerprint density at radius 1 is 0.781 bits per heavy atom. The van der Waals surface area contributed by atoms with E-state index in [1.807, 2.05) is 6.92 Å². The minimum atomic E-state index is -0.692. The van der Waals surface area contributed by atoms with E-state index in [9.17, 15) is 14.4 Å². The van der Waals surface area contributed by atoms with Gasteiger partial charge in [0.05, 0.1) is 36.9 Å². The highest BCUT2D eigenvalue weighted by atomic mass is 35.5. The summed E-state index contributed by atoms with van der Waals surface area (Å²) in [6, 6.07) is 11.1. The van der Waals surface area contributed by atoms with Gasteiger partial charge in [0.25, 0.3) is 17.7 Å². The second-order valence-electron chi connectivity index (χ2n) is 6.91. The van der Waals surface area contributed by atoms with Crippen molar-refractivity contribution >= 4 is 87.1 Å². The lowest BCUT2D eigenvalue weighted by Crippen LogP contribution is -2.29. The van der Waals surface area contributed by atoms with Crippen molar-refractivity contribution in [3.05, 3.63) is 89.8 Å². The average Bonchev–Trinajstić information content (AvgIpc) is 3.03. The molecule has 10 heteroatoms. The smallest absolute Gasteiger partial charge is 0.267 e. The largest absolute Gasteiger partial charge is 0.322 e. The number of aryl methyl sites for hydroxylation is 1. The van der Waals surface area contributed by atoms with Crippen LogP contribution in [-0.2, 0) is 0 Å². The van der Waals surface area contributed by atoms with Crippen LogP contribution in [0.5, 0.6) is 0 Å². The summed E-state index contributed by atoms with van der Waals surface area (Å²) >= 11 is 30.4. The molecule has 4 rings (SSSR count). The number of rotatable bonds is 3. The Bertz CT molecular complexity index is 1280. The predicted molar refractivity (Wildman–Crippen MR) is 128 cm³/mol. The first-order valence-corrected chi connectivity index (χ1v) is 10.9. The van der Waals surface area contributed by atoms with Gasteiger partial charge in [-0.15, -0.1) is 0 Å². The zero-order valence-electron chi connectivity index (χ0n) is 16.1. The van der Waals surface area contributed by atoms with Crippen LogP contribution >= 0.6 is 58.0 Å². The number of amides is 3. The van der Waals surface area contributed by atoms with Crippen LogP contribution in [-0.4, -0.2) is 17.7 Å². The molecule has 0 unspecified atom stereocenters. The Morgan fingerprint density at radius 2 is 1.31 bits per heavy atom. The van der Waals surface area contributed by atoms with E-state index in [1.54, 1.807) is 18.2 Å². The number of carbonyl (C=O) groups is 3. The summed E-state index contributed by atoms with van der Waals surface area (Å²) in [5.41, 5.74) is 1.73. The maximum Gasteiger partial charge on any atom is 0.267 e. The first kappa shape index (κ1) is 22.9. The number of hydrogen-bond donors (Lipinski definition) is 1. The molecule has 5 nitrogen and oxygen atoms in total. The molecule has 3 amide bonds. The van der Waals surface area contributed by atoms with Crippen molar-refractivity contribution < 1.29 is 14.4 Å². The molecule has 32 heavy (non-hydrogen) atoms. The van der Waals surface area contributed by atoms with Crippen molar-refractivity contribution in [1.82, 2.24) is 0 Å². The Balaban J connectivity index is 1.63. The summed E-state index contributed by atoms with van der Waals surface area (Å²) in [4.78, 5) is 39.4. The molecule has 1 aliphatic heterocycles. The molecule has 162 valence electrons. The predicted octanol–water partition coefficient (Wildman–Crippen LogP) is 7.31. The molecular formula is C22H11Cl5N2O3. The summed E-state index contributed by atoms with van der Waals surface area (Å²) in [7, 11) is 0. The van der Waals surface area contributed by atoms with E-state index in [-0.39, 0.29) is 42.8 Å². The topological polar surface area (TPSA) is 66.5 Å². The van der Waals surface area contributed by atoms with E-state index in [4.69, 9.17) is 58.0 Å². The SMILES string of the molecule is Cc1ccc(Cl)cc1NC(=O)c1ccc(N2C(=O)c3c(Cl)c(Cl)c(Cl)c(Cl)c3C2=O)cc1. The Morgan fingerprint density at radius 3 is 1.84 bits per heavy atom. The quantitative estimate of drug-likeness (QED) is 0.220. The second-order valence-corrected chi connectivity index (χ2v) is 8.86. The molecule has 0 saturated heterocycles. The zero-order valence-corrected chi connectivity index (χ0v) is 19.9. The summed E-state index contributed by atoms with van der Waals surface area (Å²) in [6.45, 7) is 1.84. The van der Waals surface area contributed by atoms with Crippen LogP contribution in [0.4, 0.5) is 11.4 Å². The van der Waals surface area contributed by atoms with Crippen molar-refractivity contribution in [3.8, 4) is 0 Å². The fourth-order valence-corrected chi connectivity index (χ4v) is 4.46. The average molecular weight is 529 g/mol. The van der Waals surface area contributed by atoms with Crippen molar-refractivity contribution in [3.63, 3.8) is 0 Å². The van der Waals surface area contributed by atoms with Crippen molar-refractivity contribution in [2.45, 2.75) is 6.92 Å². The fraction of sp³-hybridized carbons (Fsp3) is 0.0455. The molecule has 1 aliphatic rings. The number of fused-ring (bicyclic) bond motifs is 1. The van der Waals surface area contributed by atoms with Gasteiger partial charge in [0.1, 0.15) is 0 Å². The maximum absolute atomic E-state index is 12.9. The molecule has 0 aliphatic carbocycles. The van der Waals surface area contributed by atoms with Gasteiger partial charge in [-0.3, -0.25) is 14.4 Å². The number of benzene rings is 3. The lowest BCUT2D eigenvalue weighted by molar-refractivity contribution is 0.0925. The number of nitrogens with one attached hydrogen (secondary N) is 1. The number of imide groups is 1. The first-order valence-electron chi connectivity index (χ1n) is 9.04. The molecule has 0 saturated carbocycles. The third kappa shape index (κ3) is 3.74. The van der Waals surface area contributed by atoms with Gasteiger partial charge >= 0.3 is 0 Å². The van der Waals surface area contributed by atoms with E-state index in [2.05, 4.69) is 5.32 Å².